The van der Waals surface area contributed by atoms with E-state index in [0.717, 1.165) is 12.3 Å². The molecular weight excluding hydrogens is 240 g/mol. The van der Waals surface area contributed by atoms with Gasteiger partial charge in [-0.15, -0.1) is 11.6 Å². The monoisotopic (exact) mass is 262 g/mol. The third-order valence-electron chi connectivity index (χ3n) is 5.73. The Kier molecular flexibility index (Phi) is 2.79. The lowest BCUT2D eigenvalue weighted by molar-refractivity contribution is 0.0449. The molecule has 0 heterocycles. The van der Waals surface area contributed by atoms with E-state index in [4.69, 9.17) is 11.6 Å². The molecule has 0 aliphatic heterocycles. The van der Waals surface area contributed by atoms with E-state index in [-0.39, 0.29) is 5.41 Å². The molecular formula is C17H23Cl. The molecule has 1 fully saturated rings. The Balaban J connectivity index is 2.10. The summed E-state index contributed by atoms with van der Waals surface area (Å²) in [4.78, 5) is 0. The van der Waals surface area contributed by atoms with Gasteiger partial charge in [-0.05, 0) is 53.6 Å². The normalized spacial score (nSPS) is 37.8. The van der Waals surface area contributed by atoms with Gasteiger partial charge >= 0.3 is 0 Å². The number of rotatable bonds is 0. The molecule has 2 aliphatic carbocycles. The molecule has 0 amide bonds. The van der Waals surface area contributed by atoms with E-state index >= 15 is 0 Å². The van der Waals surface area contributed by atoms with Gasteiger partial charge in [0.1, 0.15) is 0 Å². The molecule has 0 bridgehead atoms. The van der Waals surface area contributed by atoms with Crippen LogP contribution in [0.4, 0.5) is 0 Å². The molecule has 0 unspecified atom stereocenters. The van der Waals surface area contributed by atoms with Gasteiger partial charge in [0, 0.05) is 5.38 Å². The first-order valence-corrected chi connectivity index (χ1v) is 7.62. The number of alkyl halides is 1. The van der Waals surface area contributed by atoms with Crippen molar-refractivity contribution in [2.45, 2.75) is 57.2 Å². The van der Waals surface area contributed by atoms with Gasteiger partial charge in [-0.1, -0.05) is 45.0 Å². The Morgan fingerprint density at radius 2 is 1.83 bits per heavy atom. The molecule has 18 heavy (non-hydrogen) atoms. The SMILES string of the molecule is CC1(C)[C@@H](Cl)CC[C@]2(C)c3ccccc3CC[C@@H]12. The third-order valence-corrected chi connectivity index (χ3v) is 6.51. The van der Waals surface area contributed by atoms with Gasteiger partial charge in [-0.25, -0.2) is 0 Å². The van der Waals surface area contributed by atoms with Gasteiger partial charge in [0.05, 0.1) is 0 Å². The summed E-state index contributed by atoms with van der Waals surface area (Å²) >= 11 is 6.62. The number of aryl methyl sites for hydroxylation is 1. The number of hydrogen-bond acceptors (Lipinski definition) is 0. The highest BCUT2D eigenvalue weighted by Gasteiger charge is 2.52. The van der Waals surface area contributed by atoms with Crippen LogP contribution in [0, 0.1) is 11.3 Å². The van der Waals surface area contributed by atoms with Gasteiger partial charge in [0.25, 0.3) is 0 Å². The average molecular weight is 263 g/mol. The molecule has 1 saturated carbocycles. The Labute approximate surface area is 116 Å². The third kappa shape index (κ3) is 1.58. The van der Waals surface area contributed by atoms with E-state index in [9.17, 15) is 0 Å². The van der Waals surface area contributed by atoms with E-state index in [2.05, 4.69) is 45.0 Å². The second-order valence-electron chi connectivity index (χ2n) is 6.99. The zero-order valence-electron chi connectivity index (χ0n) is 11.7. The summed E-state index contributed by atoms with van der Waals surface area (Å²) in [5.74, 6) is 0.719. The van der Waals surface area contributed by atoms with Crippen LogP contribution in [-0.2, 0) is 11.8 Å². The van der Waals surface area contributed by atoms with Gasteiger partial charge in [-0.3, -0.25) is 0 Å². The summed E-state index contributed by atoms with van der Waals surface area (Å²) in [5, 5.41) is 0.334. The van der Waals surface area contributed by atoms with E-state index < -0.39 is 0 Å². The fourth-order valence-corrected chi connectivity index (χ4v) is 4.88. The summed E-state index contributed by atoms with van der Waals surface area (Å²) in [6, 6.07) is 9.05. The standard InChI is InChI=1S/C17H23Cl/c1-16(2)14-9-8-12-6-4-5-7-13(12)17(14,3)11-10-15(16)18/h4-7,14-15H,8-11H2,1-3H3/t14-,15-,17+/m0/s1. The molecule has 1 aromatic carbocycles. The van der Waals surface area contributed by atoms with Crippen molar-refractivity contribution < 1.29 is 0 Å². The quantitative estimate of drug-likeness (QED) is 0.582. The van der Waals surface area contributed by atoms with Crippen LogP contribution >= 0.6 is 11.6 Å². The highest BCUT2D eigenvalue weighted by atomic mass is 35.5. The van der Waals surface area contributed by atoms with Crippen molar-refractivity contribution in [3.8, 4) is 0 Å². The molecule has 0 N–H and O–H groups in total. The van der Waals surface area contributed by atoms with E-state index in [0.29, 0.717) is 10.8 Å². The molecule has 0 saturated heterocycles. The van der Waals surface area contributed by atoms with Crippen molar-refractivity contribution in [2.24, 2.45) is 11.3 Å². The minimum absolute atomic E-state index is 0.252. The lowest BCUT2D eigenvalue weighted by Crippen LogP contribution is -2.52. The number of halogens is 1. The zero-order chi connectivity index (χ0) is 13.0. The number of hydrogen-bond donors (Lipinski definition) is 0. The van der Waals surface area contributed by atoms with Crippen LogP contribution in [0.1, 0.15) is 51.2 Å². The first-order valence-electron chi connectivity index (χ1n) is 7.19. The van der Waals surface area contributed by atoms with Gasteiger partial charge < -0.3 is 0 Å². The van der Waals surface area contributed by atoms with Crippen LogP contribution in [0.25, 0.3) is 0 Å². The topological polar surface area (TPSA) is 0 Å². The Morgan fingerprint density at radius 3 is 2.61 bits per heavy atom. The minimum atomic E-state index is 0.252. The maximum absolute atomic E-state index is 6.62. The molecule has 0 aromatic heterocycles. The number of fused-ring (bicyclic) bond motifs is 3. The summed E-state index contributed by atoms with van der Waals surface area (Å²) in [7, 11) is 0. The second kappa shape index (κ2) is 4.00. The molecule has 1 aromatic rings. The highest BCUT2D eigenvalue weighted by Crippen LogP contribution is 2.58. The molecule has 1 heteroatoms. The van der Waals surface area contributed by atoms with Gasteiger partial charge in [0.2, 0.25) is 0 Å². The Morgan fingerprint density at radius 1 is 1.11 bits per heavy atom. The Bertz CT molecular complexity index is 462. The lowest BCUT2D eigenvalue weighted by Gasteiger charge is -2.56. The fourth-order valence-electron chi connectivity index (χ4n) is 4.62. The van der Waals surface area contributed by atoms with Crippen LogP contribution in [0.5, 0.6) is 0 Å². The zero-order valence-corrected chi connectivity index (χ0v) is 12.4. The maximum atomic E-state index is 6.62. The Hall–Kier alpha value is -0.490. The lowest BCUT2D eigenvalue weighted by atomic mass is 9.50. The molecule has 98 valence electrons. The van der Waals surface area contributed by atoms with Crippen LogP contribution in [0.3, 0.4) is 0 Å². The first-order chi connectivity index (χ1) is 8.46. The summed E-state index contributed by atoms with van der Waals surface area (Å²) in [5.41, 5.74) is 3.75. The van der Waals surface area contributed by atoms with Crippen molar-refractivity contribution in [1.82, 2.24) is 0 Å². The molecule has 0 radical (unpaired) electrons. The average Bonchev–Trinajstić information content (AvgIpc) is 2.35. The minimum Gasteiger partial charge on any atom is -0.122 e. The van der Waals surface area contributed by atoms with E-state index in [1.807, 2.05) is 0 Å². The summed E-state index contributed by atoms with van der Waals surface area (Å²) < 4.78 is 0. The maximum Gasteiger partial charge on any atom is 0.0390 e. The van der Waals surface area contributed by atoms with Crippen molar-refractivity contribution in [3.05, 3.63) is 35.4 Å². The van der Waals surface area contributed by atoms with E-state index in [1.165, 1.54) is 19.3 Å². The molecule has 3 rings (SSSR count). The predicted molar refractivity (Wildman–Crippen MR) is 78.3 cm³/mol. The molecule has 3 atom stereocenters. The van der Waals surface area contributed by atoms with Crippen molar-refractivity contribution >= 4 is 11.6 Å². The largest absolute Gasteiger partial charge is 0.122 e. The van der Waals surface area contributed by atoms with Crippen LogP contribution < -0.4 is 0 Å². The first kappa shape index (κ1) is 12.5. The van der Waals surface area contributed by atoms with Gasteiger partial charge in [0.15, 0.2) is 0 Å². The predicted octanol–water partition coefficient (Wildman–Crippen LogP) is 4.93. The summed E-state index contributed by atoms with van der Waals surface area (Å²) in [6.45, 7) is 7.22. The highest BCUT2D eigenvalue weighted by molar-refractivity contribution is 6.21. The van der Waals surface area contributed by atoms with Crippen molar-refractivity contribution in [3.63, 3.8) is 0 Å². The molecule has 0 spiro atoms. The van der Waals surface area contributed by atoms with Gasteiger partial charge in [-0.2, -0.15) is 0 Å². The molecule has 0 nitrogen and oxygen atoms in total. The smallest absolute Gasteiger partial charge is 0.0390 e. The van der Waals surface area contributed by atoms with Crippen molar-refractivity contribution in [1.29, 1.82) is 0 Å². The van der Waals surface area contributed by atoms with Crippen LogP contribution in [-0.4, -0.2) is 5.38 Å². The van der Waals surface area contributed by atoms with E-state index in [1.54, 1.807) is 11.1 Å². The molecule has 2 aliphatic rings. The summed E-state index contributed by atoms with van der Waals surface area (Å²) in [6.07, 6.45) is 4.91. The van der Waals surface area contributed by atoms with Crippen molar-refractivity contribution in [2.75, 3.05) is 0 Å². The van der Waals surface area contributed by atoms with Crippen LogP contribution in [0.15, 0.2) is 24.3 Å². The second-order valence-corrected chi connectivity index (χ2v) is 7.52. The fraction of sp³-hybridized carbons (Fsp3) is 0.647. The van der Waals surface area contributed by atoms with Crippen LogP contribution in [0.2, 0.25) is 0 Å². The number of benzene rings is 1.